The molecule has 1 heterocycles. The zero-order valence-corrected chi connectivity index (χ0v) is 36.9. The second-order valence-electron chi connectivity index (χ2n) is 17.9. The number of hydrogen-bond donors (Lipinski definition) is 4. The van der Waals surface area contributed by atoms with E-state index in [-0.39, 0.29) is 40.9 Å². The summed E-state index contributed by atoms with van der Waals surface area (Å²) in [6.07, 6.45) is -11.0. The lowest BCUT2D eigenvalue weighted by molar-refractivity contribution is -0.346. The van der Waals surface area contributed by atoms with E-state index in [0.29, 0.717) is 5.75 Å². The minimum Gasteiger partial charge on any atom is -0.497 e. The highest BCUT2D eigenvalue weighted by Gasteiger charge is 2.78. The highest BCUT2D eigenvalue weighted by molar-refractivity contribution is 5.96. The number of amides is 1. The average molecular weight is 902 g/mol. The van der Waals surface area contributed by atoms with Gasteiger partial charge in [-0.05, 0) is 79.1 Å². The van der Waals surface area contributed by atoms with Gasteiger partial charge in [0, 0.05) is 37.7 Å². The number of benzene rings is 3. The van der Waals surface area contributed by atoms with E-state index in [1.165, 1.54) is 83.3 Å². The van der Waals surface area contributed by atoms with Crippen LogP contribution in [0.15, 0.2) is 90.0 Å². The van der Waals surface area contributed by atoms with Crippen LogP contribution in [0.5, 0.6) is 5.75 Å². The zero-order valence-electron chi connectivity index (χ0n) is 36.9. The normalized spacial score (nSPS) is 30.9. The SMILES string of the molecule is COc1ccc(C(=O)N[C@@H](c2ccc(F)cc2)[C@@H](O)C(=O)O[C@H]2C[C@@]3(O)[C@@H](OC(=O)c4ccccc4)C4[C@](C)(C(=O)[C@H](OC(C)=O)C(=C2C)C3(C)C)[C@@H](O)C[C@H]2OC[C@@]42OC(C)=O)cc1. The van der Waals surface area contributed by atoms with Crippen molar-refractivity contribution in [2.45, 2.75) is 108 Å². The Hall–Kier alpha value is -6.01. The Morgan fingerprint density at radius 2 is 1.52 bits per heavy atom. The highest BCUT2D eigenvalue weighted by Crippen LogP contribution is 2.64. The first kappa shape index (κ1) is 47.0. The smallest absolute Gasteiger partial charge is 0.338 e. The summed E-state index contributed by atoms with van der Waals surface area (Å²) >= 11 is 0. The topological polar surface area (TPSA) is 231 Å². The number of ketones is 1. The van der Waals surface area contributed by atoms with Crippen LogP contribution in [0.2, 0.25) is 0 Å². The van der Waals surface area contributed by atoms with Gasteiger partial charge in [-0.3, -0.25) is 19.2 Å². The fourth-order valence-corrected chi connectivity index (χ4v) is 10.3. The first-order valence-corrected chi connectivity index (χ1v) is 21.1. The molecule has 0 radical (unpaired) electrons. The molecule has 1 unspecified atom stereocenters. The summed E-state index contributed by atoms with van der Waals surface area (Å²) in [6.45, 7) is 7.76. The summed E-state index contributed by atoms with van der Waals surface area (Å²) in [6, 6.07) is 16.8. The summed E-state index contributed by atoms with van der Waals surface area (Å²) in [7, 11) is 1.45. The first-order chi connectivity index (χ1) is 30.6. The lowest BCUT2D eigenvalue weighted by Crippen LogP contribution is -2.82. The molecule has 11 atom stereocenters. The molecule has 0 spiro atoms. The Kier molecular flexibility index (Phi) is 12.6. The molecule has 346 valence electrons. The molecule has 16 nitrogen and oxygen atoms in total. The summed E-state index contributed by atoms with van der Waals surface area (Å²) in [4.78, 5) is 83.8. The maximum atomic E-state index is 15.5. The molecule has 65 heavy (non-hydrogen) atoms. The Labute approximate surface area is 374 Å². The molecule has 2 saturated carbocycles. The van der Waals surface area contributed by atoms with Gasteiger partial charge >= 0.3 is 23.9 Å². The molecule has 3 aliphatic carbocycles. The number of hydrogen-bond acceptors (Lipinski definition) is 15. The Balaban J connectivity index is 1.37. The van der Waals surface area contributed by atoms with Gasteiger partial charge in [-0.15, -0.1) is 0 Å². The second-order valence-corrected chi connectivity index (χ2v) is 17.9. The van der Waals surface area contributed by atoms with Crippen LogP contribution in [0.4, 0.5) is 4.39 Å². The third-order valence-electron chi connectivity index (χ3n) is 13.9. The minimum atomic E-state index is -2.45. The van der Waals surface area contributed by atoms with Gasteiger partial charge in [0.05, 0.1) is 42.8 Å². The molecule has 7 rings (SSSR count). The van der Waals surface area contributed by atoms with Crippen molar-refractivity contribution in [3.63, 3.8) is 0 Å². The third-order valence-corrected chi connectivity index (χ3v) is 13.9. The minimum absolute atomic E-state index is 0.0402. The van der Waals surface area contributed by atoms with Crippen LogP contribution in [-0.2, 0) is 42.9 Å². The Morgan fingerprint density at radius 1 is 0.877 bits per heavy atom. The molecular formula is C48H52FNO15. The van der Waals surface area contributed by atoms with Crippen LogP contribution in [-0.4, -0.2) is 112 Å². The van der Waals surface area contributed by atoms with Crippen molar-refractivity contribution in [1.82, 2.24) is 5.32 Å². The predicted molar refractivity (Wildman–Crippen MR) is 224 cm³/mol. The van der Waals surface area contributed by atoms with Gasteiger partial charge < -0.3 is 49.1 Å². The van der Waals surface area contributed by atoms with Gasteiger partial charge in [0.2, 0.25) is 0 Å². The molecule has 3 fully saturated rings. The van der Waals surface area contributed by atoms with Gasteiger partial charge in [0.15, 0.2) is 23.6 Å². The molecule has 3 aromatic rings. The van der Waals surface area contributed by atoms with Gasteiger partial charge in [-0.1, -0.05) is 44.2 Å². The molecule has 4 N–H and O–H groups in total. The van der Waals surface area contributed by atoms with E-state index in [4.69, 9.17) is 28.4 Å². The van der Waals surface area contributed by atoms with Crippen molar-refractivity contribution in [3.05, 3.63) is 113 Å². The number of fused-ring (bicyclic) bond motifs is 5. The Morgan fingerprint density at radius 3 is 2.09 bits per heavy atom. The molecule has 17 heteroatoms. The molecule has 1 aliphatic heterocycles. The van der Waals surface area contributed by atoms with Crippen molar-refractivity contribution >= 4 is 35.6 Å². The third kappa shape index (κ3) is 7.97. The number of carbonyl (C=O) groups excluding carboxylic acids is 6. The van der Waals surface area contributed by atoms with E-state index in [9.17, 15) is 43.7 Å². The maximum absolute atomic E-state index is 15.5. The van der Waals surface area contributed by atoms with E-state index in [0.717, 1.165) is 26.0 Å². The van der Waals surface area contributed by atoms with Gasteiger partial charge in [0.25, 0.3) is 5.91 Å². The van der Waals surface area contributed by atoms with Crippen molar-refractivity contribution in [1.29, 1.82) is 0 Å². The molecule has 1 amide bonds. The van der Waals surface area contributed by atoms with Crippen LogP contribution in [0, 0.1) is 22.6 Å². The number of aliphatic hydroxyl groups excluding tert-OH is 2. The zero-order chi connectivity index (χ0) is 47.4. The molecule has 0 aromatic heterocycles. The van der Waals surface area contributed by atoms with Crippen molar-refractivity contribution < 1.29 is 76.9 Å². The molecule has 1 saturated heterocycles. The number of carbonyl (C=O) groups is 6. The molecular weight excluding hydrogens is 850 g/mol. The van der Waals surface area contributed by atoms with E-state index >= 15 is 4.79 Å². The number of Topliss-reactive ketones (excluding diaryl/α,β-unsaturated/α-hetero) is 1. The second kappa shape index (κ2) is 17.4. The van der Waals surface area contributed by atoms with E-state index in [1.54, 1.807) is 18.2 Å². The molecule has 4 aliphatic rings. The highest BCUT2D eigenvalue weighted by atomic mass is 19.1. The maximum Gasteiger partial charge on any atom is 0.338 e. The van der Waals surface area contributed by atoms with Crippen LogP contribution >= 0.6 is 0 Å². The summed E-state index contributed by atoms with van der Waals surface area (Å²) in [5, 5.41) is 40.2. The van der Waals surface area contributed by atoms with Crippen LogP contribution in [0.25, 0.3) is 0 Å². The lowest BCUT2D eigenvalue weighted by Gasteiger charge is -2.67. The van der Waals surface area contributed by atoms with Crippen LogP contribution in [0.1, 0.15) is 86.7 Å². The number of halogens is 1. The summed E-state index contributed by atoms with van der Waals surface area (Å²) < 4.78 is 49.5. The van der Waals surface area contributed by atoms with E-state index in [1.807, 2.05) is 0 Å². The number of methoxy groups -OCH3 is 1. The van der Waals surface area contributed by atoms with E-state index in [2.05, 4.69) is 5.32 Å². The number of ether oxygens (including phenoxy) is 6. The van der Waals surface area contributed by atoms with Gasteiger partial charge in [-0.2, -0.15) is 0 Å². The van der Waals surface area contributed by atoms with Gasteiger partial charge in [-0.25, -0.2) is 14.0 Å². The standard InChI is InChI=1S/C48H52FNO15/c1-24-32(63-44(58)37(54)36(27-13-17-30(49)18-14-27)50-42(56)28-15-19-31(60-7)20-16-28)22-48(59)41(64-43(57)29-11-9-8-10-12-29)39-46(6,33(53)21-34-47(39,23-61-34)65-26(3)52)40(55)38(62-25(2)51)35(24)45(48,4)5/h8-20,32-34,36-39,41,53-54,59H,21-23H2,1-7H3,(H,50,56)/t32-,33-,34+,36-,37+,38+,39?,41-,46+,47-,48+/m0/s1. The predicted octanol–water partition coefficient (Wildman–Crippen LogP) is 3.88. The summed E-state index contributed by atoms with van der Waals surface area (Å²) in [5.74, 6) is -7.44. The van der Waals surface area contributed by atoms with E-state index < -0.39 is 118 Å². The molecule has 3 aromatic carbocycles. The van der Waals surface area contributed by atoms with Crippen molar-refractivity contribution in [3.8, 4) is 5.75 Å². The number of esters is 4. The number of rotatable bonds is 11. The number of nitrogens with one attached hydrogen (secondary N) is 1. The summed E-state index contributed by atoms with van der Waals surface area (Å²) in [5.41, 5.74) is -7.73. The lowest BCUT2D eigenvalue weighted by atomic mass is 9.44. The largest absolute Gasteiger partial charge is 0.497 e. The fourth-order valence-electron chi connectivity index (χ4n) is 10.3. The van der Waals surface area contributed by atoms with Gasteiger partial charge in [0.1, 0.15) is 35.5 Å². The van der Waals surface area contributed by atoms with Crippen molar-refractivity contribution in [2.24, 2.45) is 16.7 Å². The monoisotopic (exact) mass is 901 g/mol. The van der Waals surface area contributed by atoms with Crippen molar-refractivity contribution in [2.75, 3.05) is 13.7 Å². The fraction of sp³-hybridized carbons (Fsp3) is 0.458. The quantitative estimate of drug-likeness (QED) is 0.122. The average Bonchev–Trinajstić information content (AvgIpc) is 3.26. The van der Waals surface area contributed by atoms with Crippen LogP contribution < -0.4 is 10.1 Å². The van der Waals surface area contributed by atoms with Crippen LogP contribution in [0.3, 0.4) is 0 Å². The number of aliphatic hydroxyl groups is 3. The molecule has 2 bridgehead atoms. The Bertz CT molecular complexity index is 2400. The first-order valence-electron chi connectivity index (χ1n) is 21.1.